The fourth-order valence-corrected chi connectivity index (χ4v) is 2.46. The highest BCUT2D eigenvalue weighted by atomic mass is 32.1. The van der Waals surface area contributed by atoms with Crippen molar-refractivity contribution in [3.05, 3.63) is 78.4 Å². The van der Waals surface area contributed by atoms with Crippen molar-refractivity contribution >= 4 is 39.5 Å². The fraction of sp³-hybridized carbons (Fsp3) is 0.0526. The average Bonchev–Trinajstić information content (AvgIpc) is 2.60. The number of hydrazone groups is 1. The van der Waals surface area contributed by atoms with Gasteiger partial charge in [0.05, 0.1) is 5.71 Å². The van der Waals surface area contributed by atoms with E-state index in [-0.39, 0.29) is 0 Å². The van der Waals surface area contributed by atoms with Crippen molar-refractivity contribution in [3.8, 4) is 0 Å². The molecule has 0 aliphatic carbocycles. The lowest BCUT2D eigenvalue weighted by Crippen LogP contribution is -2.24. The van der Waals surface area contributed by atoms with Crippen LogP contribution in [0.25, 0.3) is 10.8 Å². The van der Waals surface area contributed by atoms with E-state index < -0.39 is 0 Å². The minimum atomic E-state index is 0.469. The zero-order chi connectivity index (χ0) is 16.1. The smallest absolute Gasteiger partial charge is 0.191 e. The van der Waals surface area contributed by atoms with Gasteiger partial charge in [-0.25, -0.2) is 0 Å². The Morgan fingerprint density at radius 2 is 1.57 bits per heavy atom. The van der Waals surface area contributed by atoms with Crippen molar-refractivity contribution in [2.45, 2.75) is 6.92 Å². The Morgan fingerprint density at radius 3 is 2.35 bits per heavy atom. The van der Waals surface area contributed by atoms with Gasteiger partial charge in [-0.2, -0.15) is 5.10 Å². The van der Waals surface area contributed by atoms with Crippen molar-refractivity contribution < 1.29 is 0 Å². The van der Waals surface area contributed by atoms with E-state index in [0.29, 0.717) is 5.11 Å². The zero-order valence-electron chi connectivity index (χ0n) is 12.8. The summed E-state index contributed by atoms with van der Waals surface area (Å²) in [5.74, 6) is 0. The molecule has 3 aromatic rings. The second-order valence-electron chi connectivity index (χ2n) is 5.19. The summed E-state index contributed by atoms with van der Waals surface area (Å²) in [5.41, 5.74) is 5.77. The first-order chi connectivity index (χ1) is 11.2. The summed E-state index contributed by atoms with van der Waals surface area (Å²) >= 11 is 5.25. The molecule has 3 aromatic carbocycles. The predicted octanol–water partition coefficient (Wildman–Crippen LogP) is 4.55. The summed E-state index contributed by atoms with van der Waals surface area (Å²) in [4.78, 5) is 0. The molecule has 0 heterocycles. The van der Waals surface area contributed by atoms with E-state index in [0.717, 1.165) is 17.0 Å². The number of hydrogen-bond donors (Lipinski definition) is 2. The summed E-state index contributed by atoms with van der Waals surface area (Å²) in [5, 5.41) is 10.3. The minimum absolute atomic E-state index is 0.469. The second kappa shape index (κ2) is 7.03. The molecule has 0 amide bonds. The molecular formula is C19H17N3S. The van der Waals surface area contributed by atoms with Crippen LogP contribution in [0.1, 0.15) is 12.5 Å². The largest absolute Gasteiger partial charge is 0.331 e. The molecular weight excluding hydrogens is 302 g/mol. The molecule has 0 saturated carbocycles. The molecule has 0 aliphatic heterocycles. The van der Waals surface area contributed by atoms with Gasteiger partial charge in [-0.1, -0.05) is 54.6 Å². The van der Waals surface area contributed by atoms with Gasteiger partial charge >= 0.3 is 0 Å². The molecule has 3 nitrogen and oxygen atoms in total. The van der Waals surface area contributed by atoms with Crippen LogP contribution in [0.15, 0.2) is 77.9 Å². The van der Waals surface area contributed by atoms with Crippen LogP contribution >= 0.6 is 12.2 Å². The van der Waals surface area contributed by atoms with Gasteiger partial charge < -0.3 is 5.32 Å². The van der Waals surface area contributed by atoms with Crippen LogP contribution in [0.3, 0.4) is 0 Å². The zero-order valence-corrected chi connectivity index (χ0v) is 13.6. The number of fused-ring (bicyclic) bond motifs is 1. The van der Waals surface area contributed by atoms with Crippen molar-refractivity contribution in [1.82, 2.24) is 5.43 Å². The number of thiocarbonyl (C=S) groups is 1. The first kappa shape index (κ1) is 15.2. The third-order valence-electron chi connectivity index (χ3n) is 3.52. The molecule has 0 fully saturated rings. The van der Waals surface area contributed by atoms with E-state index in [1.807, 2.05) is 49.4 Å². The molecule has 0 saturated heterocycles. The highest BCUT2D eigenvalue weighted by molar-refractivity contribution is 7.80. The molecule has 114 valence electrons. The molecule has 0 aliphatic rings. The quantitative estimate of drug-likeness (QED) is 0.422. The molecule has 2 N–H and O–H groups in total. The van der Waals surface area contributed by atoms with Crippen LogP contribution in [0.5, 0.6) is 0 Å². The lowest BCUT2D eigenvalue weighted by atomic mass is 10.0. The lowest BCUT2D eigenvalue weighted by Gasteiger charge is -2.08. The maximum absolute atomic E-state index is 5.25. The molecule has 3 rings (SSSR count). The Hall–Kier alpha value is -2.72. The number of nitrogens with one attached hydrogen (secondary N) is 2. The maximum atomic E-state index is 5.25. The summed E-state index contributed by atoms with van der Waals surface area (Å²) in [7, 11) is 0. The van der Waals surface area contributed by atoms with Crippen LogP contribution < -0.4 is 10.7 Å². The average molecular weight is 319 g/mol. The number of nitrogens with zero attached hydrogens (tertiary/aromatic N) is 1. The first-order valence-electron chi connectivity index (χ1n) is 7.38. The second-order valence-corrected chi connectivity index (χ2v) is 5.60. The Morgan fingerprint density at radius 1 is 0.870 bits per heavy atom. The van der Waals surface area contributed by atoms with Crippen molar-refractivity contribution in [2.24, 2.45) is 5.10 Å². The Labute approximate surface area is 141 Å². The normalized spacial score (nSPS) is 11.3. The van der Waals surface area contributed by atoms with E-state index >= 15 is 0 Å². The highest BCUT2D eigenvalue weighted by Gasteiger charge is 2.01. The van der Waals surface area contributed by atoms with E-state index in [9.17, 15) is 0 Å². The Balaban J connectivity index is 1.69. The first-order valence-corrected chi connectivity index (χ1v) is 7.79. The third kappa shape index (κ3) is 3.93. The molecule has 0 unspecified atom stereocenters. The molecule has 0 aromatic heterocycles. The van der Waals surface area contributed by atoms with Gasteiger partial charge in [0.25, 0.3) is 0 Å². The van der Waals surface area contributed by atoms with Gasteiger partial charge in [0.1, 0.15) is 0 Å². The van der Waals surface area contributed by atoms with Gasteiger partial charge in [-0.3, -0.25) is 5.43 Å². The monoisotopic (exact) mass is 319 g/mol. The fourth-order valence-electron chi connectivity index (χ4n) is 2.29. The lowest BCUT2D eigenvalue weighted by molar-refractivity contribution is 1.04. The number of para-hydroxylation sites is 1. The molecule has 0 radical (unpaired) electrons. The van der Waals surface area contributed by atoms with Gasteiger partial charge in [0.2, 0.25) is 0 Å². The van der Waals surface area contributed by atoms with Crippen LogP contribution in [0.4, 0.5) is 5.69 Å². The highest BCUT2D eigenvalue weighted by Crippen LogP contribution is 2.16. The topological polar surface area (TPSA) is 36.4 Å². The summed E-state index contributed by atoms with van der Waals surface area (Å²) in [6, 6.07) is 24.3. The van der Waals surface area contributed by atoms with Gasteiger partial charge in [0, 0.05) is 5.69 Å². The van der Waals surface area contributed by atoms with Crippen LogP contribution in [0.2, 0.25) is 0 Å². The van der Waals surface area contributed by atoms with Crippen molar-refractivity contribution in [1.29, 1.82) is 0 Å². The Kier molecular flexibility index (Phi) is 4.64. The standard InChI is InChI=1S/C19H17N3S/c1-14(16-12-11-15-7-5-6-8-17(15)13-16)21-22-19(23)20-18-9-3-2-4-10-18/h2-13H,1H3,(H2,20,22,23)/b21-14-. The predicted molar refractivity (Wildman–Crippen MR) is 102 cm³/mol. The Bertz CT molecular complexity index is 857. The summed E-state index contributed by atoms with van der Waals surface area (Å²) < 4.78 is 0. The molecule has 23 heavy (non-hydrogen) atoms. The number of anilines is 1. The number of benzene rings is 3. The van der Waals surface area contributed by atoms with Gasteiger partial charge in [-0.15, -0.1) is 0 Å². The number of rotatable bonds is 3. The van der Waals surface area contributed by atoms with Crippen molar-refractivity contribution in [2.75, 3.05) is 5.32 Å². The van der Waals surface area contributed by atoms with Crippen LogP contribution in [-0.2, 0) is 0 Å². The molecule has 0 spiro atoms. The molecule has 0 atom stereocenters. The molecule has 4 heteroatoms. The SMILES string of the molecule is C/C(=N/NC(=S)Nc1ccccc1)c1ccc2ccccc2c1. The number of hydrogen-bond acceptors (Lipinski definition) is 2. The maximum Gasteiger partial charge on any atom is 0.191 e. The van der Waals surface area contributed by atoms with E-state index in [2.05, 4.69) is 46.2 Å². The third-order valence-corrected chi connectivity index (χ3v) is 3.72. The van der Waals surface area contributed by atoms with Crippen LogP contribution in [-0.4, -0.2) is 10.8 Å². The van der Waals surface area contributed by atoms with Crippen molar-refractivity contribution in [3.63, 3.8) is 0 Å². The van der Waals surface area contributed by atoms with Gasteiger partial charge in [0.15, 0.2) is 5.11 Å². The summed E-state index contributed by atoms with van der Waals surface area (Å²) in [6.45, 7) is 1.96. The van der Waals surface area contributed by atoms with E-state index in [4.69, 9.17) is 12.2 Å². The van der Waals surface area contributed by atoms with E-state index in [1.54, 1.807) is 0 Å². The minimum Gasteiger partial charge on any atom is -0.331 e. The van der Waals surface area contributed by atoms with Crippen LogP contribution in [0, 0.1) is 0 Å². The van der Waals surface area contributed by atoms with Gasteiger partial charge in [-0.05, 0) is 53.7 Å². The van der Waals surface area contributed by atoms with E-state index in [1.165, 1.54) is 10.8 Å². The molecule has 0 bridgehead atoms. The summed E-state index contributed by atoms with van der Waals surface area (Å²) in [6.07, 6.45) is 0.